The number of rotatable bonds is 7. The summed E-state index contributed by atoms with van der Waals surface area (Å²) in [5.41, 5.74) is 0.565. The average Bonchev–Trinajstić information content (AvgIpc) is 2.31. The maximum absolute atomic E-state index is 13.6. The number of halogens is 3. The Hall–Kier alpha value is -0.310. The van der Waals surface area contributed by atoms with Crippen LogP contribution in [0.4, 0.5) is 4.39 Å². The van der Waals surface area contributed by atoms with E-state index in [1.54, 1.807) is 12.1 Å². The zero-order chi connectivity index (χ0) is 12.7. The Labute approximate surface area is 113 Å². The van der Waals surface area contributed by atoms with Crippen LogP contribution in [0.5, 0.6) is 0 Å². The number of alkyl halides is 1. The standard InChI is InChI=1S/C13H18Cl2FN/c1-2-3-8-17(9-7-14)10-11-12(15)5-4-6-13(11)16/h4-6H,2-3,7-10H2,1H3. The van der Waals surface area contributed by atoms with E-state index in [2.05, 4.69) is 11.8 Å². The van der Waals surface area contributed by atoms with Gasteiger partial charge in [-0.3, -0.25) is 4.90 Å². The van der Waals surface area contributed by atoms with Gasteiger partial charge < -0.3 is 0 Å². The van der Waals surface area contributed by atoms with Gasteiger partial charge in [-0.05, 0) is 25.1 Å². The summed E-state index contributed by atoms with van der Waals surface area (Å²) in [6, 6.07) is 4.79. The fourth-order valence-electron chi connectivity index (χ4n) is 1.68. The van der Waals surface area contributed by atoms with Crippen LogP contribution in [0.25, 0.3) is 0 Å². The van der Waals surface area contributed by atoms with E-state index in [0.717, 1.165) is 25.9 Å². The summed E-state index contributed by atoms with van der Waals surface area (Å²) in [5.74, 6) is 0.309. The monoisotopic (exact) mass is 277 g/mol. The van der Waals surface area contributed by atoms with Gasteiger partial charge in [-0.15, -0.1) is 11.6 Å². The Morgan fingerprint density at radius 1 is 1.29 bits per heavy atom. The number of hydrogen-bond donors (Lipinski definition) is 0. The van der Waals surface area contributed by atoms with E-state index in [1.165, 1.54) is 6.07 Å². The molecule has 0 radical (unpaired) electrons. The largest absolute Gasteiger partial charge is 0.298 e. The molecule has 17 heavy (non-hydrogen) atoms. The summed E-state index contributed by atoms with van der Waals surface area (Å²) < 4.78 is 13.6. The summed E-state index contributed by atoms with van der Waals surface area (Å²) in [4.78, 5) is 2.14. The molecule has 4 heteroatoms. The lowest BCUT2D eigenvalue weighted by atomic mass is 10.2. The molecule has 0 aliphatic rings. The van der Waals surface area contributed by atoms with Crippen LogP contribution in [0.2, 0.25) is 5.02 Å². The summed E-state index contributed by atoms with van der Waals surface area (Å²) >= 11 is 11.8. The predicted molar refractivity (Wildman–Crippen MR) is 72.3 cm³/mol. The zero-order valence-electron chi connectivity index (χ0n) is 10.1. The minimum atomic E-state index is -0.242. The molecule has 1 nitrogen and oxygen atoms in total. The van der Waals surface area contributed by atoms with Gasteiger partial charge in [-0.2, -0.15) is 0 Å². The minimum Gasteiger partial charge on any atom is -0.298 e. The second-order valence-corrected chi connectivity index (χ2v) is 4.80. The SMILES string of the molecule is CCCCN(CCCl)Cc1c(F)cccc1Cl. The molecule has 1 aromatic rings. The second kappa shape index (κ2) is 7.91. The molecule has 0 atom stereocenters. The molecule has 96 valence electrons. The molecule has 0 fully saturated rings. The zero-order valence-corrected chi connectivity index (χ0v) is 11.6. The van der Waals surface area contributed by atoms with E-state index in [1.807, 2.05) is 0 Å². The van der Waals surface area contributed by atoms with Gasteiger partial charge in [0.05, 0.1) is 0 Å². The third kappa shape index (κ3) is 4.82. The fraction of sp³-hybridized carbons (Fsp3) is 0.538. The lowest BCUT2D eigenvalue weighted by Gasteiger charge is -2.21. The molecule has 0 spiro atoms. The third-order valence-electron chi connectivity index (χ3n) is 2.67. The molecular weight excluding hydrogens is 260 g/mol. The Morgan fingerprint density at radius 2 is 2.06 bits per heavy atom. The quantitative estimate of drug-likeness (QED) is 0.671. The molecule has 1 rings (SSSR count). The molecule has 0 amide bonds. The van der Waals surface area contributed by atoms with Crippen molar-refractivity contribution in [1.29, 1.82) is 0 Å². The van der Waals surface area contributed by atoms with Crippen molar-refractivity contribution in [1.82, 2.24) is 4.90 Å². The summed E-state index contributed by atoms with van der Waals surface area (Å²) in [5, 5.41) is 0.487. The van der Waals surface area contributed by atoms with Crippen molar-refractivity contribution in [3.63, 3.8) is 0 Å². The Bertz CT molecular complexity index is 324. The average molecular weight is 278 g/mol. The molecular formula is C13H18Cl2FN. The summed E-state index contributed by atoms with van der Waals surface area (Å²) in [7, 11) is 0. The van der Waals surface area contributed by atoms with E-state index >= 15 is 0 Å². The molecule has 0 N–H and O–H groups in total. The molecule has 0 aliphatic carbocycles. The molecule has 0 bridgehead atoms. The maximum Gasteiger partial charge on any atom is 0.129 e. The van der Waals surface area contributed by atoms with Gasteiger partial charge in [0.1, 0.15) is 5.82 Å². The lowest BCUT2D eigenvalue weighted by Crippen LogP contribution is -2.27. The maximum atomic E-state index is 13.6. The van der Waals surface area contributed by atoms with Gasteiger partial charge in [-0.25, -0.2) is 4.39 Å². The molecule has 0 saturated carbocycles. The topological polar surface area (TPSA) is 3.24 Å². The van der Waals surface area contributed by atoms with Crippen LogP contribution in [0.15, 0.2) is 18.2 Å². The lowest BCUT2D eigenvalue weighted by molar-refractivity contribution is 0.273. The molecule has 1 aromatic carbocycles. The second-order valence-electron chi connectivity index (χ2n) is 4.02. The van der Waals surface area contributed by atoms with Gasteiger partial charge in [0.15, 0.2) is 0 Å². The van der Waals surface area contributed by atoms with Crippen LogP contribution in [-0.2, 0) is 6.54 Å². The van der Waals surface area contributed by atoms with Crippen molar-refractivity contribution in [3.05, 3.63) is 34.6 Å². The van der Waals surface area contributed by atoms with Crippen molar-refractivity contribution >= 4 is 23.2 Å². The van der Waals surface area contributed by atoms with Gasteiger partial charge in [-0.1, -0.05) is 31.0 Å². The van der Waals surface area contributed by atoms with Crippen LogP contribution >= 0.6 is 23.2 Å². The molecule has 0 unspecified atom stereocenters. The van der Waals surface area contributed by atoms with Gasteiger partial charge >= 0.3 is 0 Å². The minimum absolute atomic E-state index is 0.242. The van der Waals surface area contributed by atoms with E-state index in [-0.39, 0.29) is 5.82 Å². The number of benzene rings is 1. The Kier molecular flexibility index (Phi) is 6.86. The molecule has 0 aliphatic heterocycles. The number of hydrogen-bond acceptors (Lipinski definition) is 1. The summed E-state index contributed by atoms with van der Waals surface area (Å²) in [6.07, 6.45) is 2.20. The normalized spacial score (nSPS) is 11.1. The van der Waals surface area contributed by atoms with Gasteiger partial charge in [0, 0.05) is 29.6 Å². The van der Waals surface area contributed by atoms with Crippen molar-refractivity contribution in [3.8, 4) is 0 Å². The molecule has 0 heterocycles. The smallest absolute Gasteiger partial charge is 0.129 e. The number of nitrogens with zero attached hydrogens (tertiary/aromatic N) is 1. The van der Waals surface area contributed by atoms with Crippen LogP contribution in [0, 0.1) is 5.82 Å². The first-order valence-electron chi connectivity index (χ1n) is 5.90. The first-order chi connectivity index (χ1) is 8.19. The highest BCUT2D eigenvalue weighted by molar-refractivity contribution is 6.31. The predicted octanol–water partition coefficient (Wildman–Crippen LogP) is 4.32. The van der Waals surface area contributed by atoms with Crippen LogP contribution in [0.3, 0.4) is 0 Å². The van der Waals surface area contributed by atoms with Crippen LogP contribution in [0.1, 0.15) is 25.3 Å². The molecule has 0 aromatic heterocycles. The van der Waals surface area contributed by atoms with Crippen molar-refractivity contribution in [2.45, 2.75) is 26.3 Å². The highest BCUT2D eigenvalue weighted by Gasteiger charge is 2.11. The van der Waals surface area contributed by atoms with E-state index in [0.29, 0.717) is 23.0 Å². The van der Waals surface area contributed by atoms with Crippen LogP contribution < -0.4 is 0 Å². The highest BCUT2D eigenvalue weighted by Crippen LogP contribution is 2.20. The summed E-state index contributed by atoms with van der Waals surface area (Å²) in [6.45, 7) is 4.34. The van der Waals surface area contributed by atoms with E-state index in [9.17, 15) is 4.39 Å². The highest BCUT2D eigenvalue weighted by atomic mass is 35.5. The van der Waals surface area contributed by atoms with Crippen molar-refractivity contribution in [2.75, 3.05) is 19.0 Å². The van der Waals surface area contributed by atoms with E-state index in [4.69, 9.17) is 23.2 Å². The first kappa shape index (κ1) is 14.7. The van der Waals surface area contributed by atoms with Crippen LogP contribution in [-0.4, -0.2) is 23.9 Å². The van der Waals surface area contributed by atoms with Crippen molar-refractivity contribution in [2.24, 2.45) is 0 Å². The van der Waals surface area contributed by atoms with E-state index < -0.39 is 0 Å². The fourth-order valence-corrected chi connectivity index (χ4v) is 2.14. The van der Waals surface area contributed by atoms with Gasteiger partial charge in [0.2, 0.25) is 0 Å². The number of unbranched alkanes of at least 4 members (excludes halogenated alkanes) is 1. The first-order valence-corrected chi connectivity index (χ1v) is 6.81. The third-order valence-corrected chi connectivity index (χ3v) is 3.20. The van der Waals surface area contributed by atoms with Gasteiger partial charge in [0.25, 0.3) is 0 Å². The Balaban J connectivity index is 2.70. The van der Waals surface area contributed by atoms with Crippen molar-refractivity contribution < 1.29 is 4.39 Å². The molecule has 0 saturated heterocycles. The Morgan fingerprint density at radius 3 is 2.65 bits per heavy atom.